The van der Waals surface area contributed by atoms with E-state index in [0.717, 1.165) is 34.7 Å². The SMILES string of the molecule is COc1cccc(NC(=S)NC2C[C@H]3CCC[C@@H](C2)[NH+]3C2CCCC2)c1. The summed E-state index contributed by atoms with van der Waals surface area (Å²) in [5, 5.41) is 7.68. The van der Waals surface area contributed by atoms with Crippen LogP contribution in [0.5, 0.6) is 5.75 Å². The first-order chi connectivity index (χ1) is 12.7. The molecule has 0 aromatic heterocycles. The summed E-state index contributed by atoms with van der Waals surface area (Å²) in [4.78, 5) is 1.96. The van der Waals surface area contributed by atoms with E-state index in [1.807, 2.05) is 29.2 Å². The van der Waals surface area contributed by atoms with E-state index in [9.17, 15) is 0 Å². The minimum Gasteiger partial charge on any atom is -0.497 e. The molecular weight excluding hydrogens is 342 g/mol. The molecule has 0 amide bonds. The van der Waals surface area contributed by atoms with E-state index in [4.69, 9.17) is 17.0 Å². The van der Waals surface area contributed by atoms with Gasteiger partial charge in [-0.2, -0.15) is 0 Å². The summed E-state index contributed by atoms with van der Waals surface area (Å²) in [6.45, 7) is 0. The minimum atomic E-state index is 0.515. The molecule has 26 heavy (non-hydrogen) atoms. The molecule has 142 valence electrons. The van der Waals surface area contributed by atoms with Gasteiger partial charge in [0, 0.05) is 30.6 Å². The lowest BCUT2D eigenvalue weighted by Crippen LogP contribution is -3.24. The van der Waals surface area contributed by atoms with Crippen LogP contribution in [0.2, 0.25) is 0 Å². The number of anilines is 1. The van der Waals surface area contributed by atoms with Gasteiger partial charge in [-0.25, -0.2) is 0 Å². The molecule has 0 radical (unpaired) electrons. The van der Waals surface area contributed by atoms with Gasteiger partial charge in [0.05, 0.1) is 25.2 Å². The molecule has 2 heterocycles. The van der Waals surface area contributed by atoms with Gasteiger partial charge in [-0.15, -0.1) is 0 Å². The summed E-state index contributed by atoms with van der Waals surface area (Å²) in [6.07, 6.45) is 12.6. The molecule has 1 aliphatic carbocycles. The van der Waals surface area contributed by atoms with E-state index >= 15 is 0 Å². The molecule has 4 nitrogen and oxygen atoms in total. The van der Waals surface area contributed by atoms with Crippen molar-refractivity contribution in [1.82, 2.24) is 5.32 Å². The summed E-state index contributed by atoms with van der Waals surface area (Å²) in [6, 6.07) is 11.1. The third kappa shape index (κ3) is 3.99. The second-order valence-corrected chi connectivity index (χ2v) is 8.71. The number of ether oxygens (including phenoxy) is 1. The van der Waals surface area contributed by atoms with Gasteiger partial charge in [-0.05, 0) is 69.3 Å². The molecule has 4 atom stereocenters. The van der Waals surface area contributed by atoms with Crippen LogP contribution in [0.15, 0.2) is 24.3 Å². The molecule has 1 aromatic carbocycles. The number of thiocarbonyl (C=S) groups is 1. The normalized spacial score (nSPS) is 31.4. The fourth-order valence-corrected chi connectivity index (χ4v) is 5.95. The van der Waals surface area contributed by atoms with Crippen LogP contribution in [0.1, 0.15) is 57.8 Å². The highest BCUT2D eigenvalue weighted by molar-refractivity contribution is 7.80. The molecule has 0 spiro atoms. The monoisotopic (exact) mass is 374 g/mol. The van der Waals surface area contributed by atoms with E-state index in [1.54, 1.807) is 7.11 Å². The van der Waals surface area contributed by atoms with E-state index in [2.05, 4.69) is 10.6 Å². The zero-order valence-corrected chi connectivity index (χ0v) is 16.6. The van der Waals surface area contributed by atoms with Gasteiger partial charge < -0.3 is 20.3 Å². The van der Waals surface area contributed by atoms with Crippen LogP contribution in [-0.4, -0.2) is 36.4 Å². The predicted octanol–water partition coefficient (Wildman–Crippen LogP) is 2.89. The fourth-order valence-electron chi connectivity index (χ4n) is 5.67. The van der Waals surface area contributed by atoms with Gasteiger partial charge in [-0.3, -0.25) is 0 Å². The van der Waals surface area contributed by atoms with Crippen LogP contribution in [-0.2, 0) is 0 Å². The Balaban J connectivity index is 1.35. The van der Waals surface area contributed by atoms with Crippen LogP contribution in [0.25, 0.3) is 0 Å². The van der Waals surface area contributed by atoms with Crippen LogP contribution in [0, 0.1) is 0 Å². The molecule has 2 saturated heterocycles. The van der Waals surface area contributed by atoms with Crippen LogP contribution < -0.4 is 20.3 Å². The number of fused-ring (bicyclic) bond motifs is 2. The highest BCUT2D eigenvalue weighted by atomic mass is 32.1. The Labute approximate surface area is 162 Å². The molecule has 3 fully saturated rings. The van der Waals surface area contributed by atoms with Crippen molar-refractivity contribution in [2.45, 2.75) is 82.0 Å². The summed E-state index contributed by atoms with van der Waals surface area (Å²) in [7, 11) is 1.69. The Morgan fingerprint density at radius 3 is 2.42 bits per heavy atom. The lowest BCUT2D eigenvalue weighted by Gasteiger charge is -2.48. The second kappa shape index (κ2) is 8.13. The average Bonchev–Trinajstić information content (AvgIpc) is 3.15. The Morgan fingerprint density at radius 1 is 1.04 bits per heavy atom. The first-order valence-electron chi connectivity index (χ1n) is 10.3. The molecule has 2 aliphatic heterocycles. The maximum atomic E-state index is 5.59. The Morgan fingerprint density at radius 2 is 1.73 bits per heavy atom. The number of nitrogens with one attached hydrogen (secondary N) is 3. The zero-order chi connectivity index (χ0) is 17.9. The predicted molar refractivity (Wildman–Crippen MR) is 110 cm³/mol. The van der Waals surface area contributed by atoms with Crippen molar-refractivity contribution in [2.75, 3.05) is 12.4 Å². The summed E-state index contributed by atoms with van der Waals surface area (Å²) in [5.41, 5.74) is 0.982. The minimum absolute atomic E-state index is 0.515. The van der Waals surface area contributed by atoms with Crippen molar-refractivity contribution < 1.29 is 9.64 Å². The van der Waals surface area contributed by atoms with Gasteiger partial charge in [0.15, 0.2) is 5.11 Å². The van der Waals surface area contributed by atoms with Gasteiger partial charge in [0.25, 0.3) is 0 Å². The third-order valence-electron chi connectivity index (χ3n) is 6.68. The lowest BCUT2D eigenvalue weighted by molar-refractivity contribution is -0.982. The standard InChI is InChI=1S/C21H31N3OS/c1-25-20-11-4-6-15(14-20)22-21(26)23-16-12-18-9-5-10-19(13-16)24(18)17-7-2-3-8-17/h4,6,11,14,16-19H,2-3,5,7-10,12-13H2,1H3,(H2,22,23,26)/p+1/t16?,18-,19+. The number of quaternary nitrogens is 1. The van der Waals surface area contributed by atoms with E-state index in [-0.39, 0.29) is 0 Å². The number of benzene rings is 1. The van der Waals surface area contributed by atoms with Gasteiger partial charge >= 0.3 is 0 Å². The van der Waals surface area contributed by atoms with Crippen LogP contribution in [0.4, 0.5) is 5.69 Å². The molecule has 2 bridgehead atoms. The lowest BCUT2D eigenvalue weighted by atomic mass is 9.80. The molecule has 4 rings (SSSR count). The number of hydrogen-bond donors (Lipinski definition) is 3. The van der Waals surface area contributed by atoms with Crippen LogP contribution >= 0.6 is 12.2 Å². The van der Waals surface area contributed by atoms with Gasteiger partial charge in [-0.1, -0.05) is 6.07 Å². The number of rotatable bonds is 4. The first kappa shape index (κ1) is 18.1. The highest BCUT2D eigenvalue weighted by Gasteiger charge is 2.45. The van der Waals surface area contributed by atoms with Gasteiger partial charge in [0.1, 0.15) is 5.75 Å². The Kier molecular flexibility index (Phi) is 5.65. The number of methoxy groups -OCH3 is 1. The molecular formula is C21H32N3OS+. The maximum absolute atomic E-state index is 5.59. The topological polar surface area (TPSA) is 37.7 Å². The number of piperidine rings is 2. The largest absolute Gasteiger partial charge is 0.497 e. The molecule has 1 saturated carbocycles. The first-order valence-corrected chi connectivity index (χ1v) is 10.7. The third-order valence-corrected chi connectivity index (χ3v) is 6.90. The molecule has 5 heteroatoms. The van der Waals surface area contributed by atoms with Crippen LogP contribution in [0.3, 0.4) is 0 Å². The quantitative estimate of drug-likeness (QED) is 0.709. The van der Waals surface area contributed by atoms with E-state index in [0.29, 0.717) is 6.04 Å². The van der Waals surface area contributed by atoms with Crippen molar-refractivity contribution in [3.05, 3.63) is 24.3 Å². The average molecular weight is 375 g/mol. The summed E-state index contributed by atoms with van der Waals surface area (Å²) >= 11 is 5.59. The zero-order valence-electron chi connectivity index (χ0n) is 15.8. The van der Waals surface area contributed by atoms with Crippen molar-refractivity contribution in [1.29, 1.82) is 0 Å². The smallest absolute Gasteiger partial charge is 0.171 e. The van der Waals surface area contributed by atoms with Crippen molar-refractivity contribution >= 4 is 23.0 Å². The Hall–Kier alpha value is -1.33. The molecule has 2 unspecified atom stereocenters. The highest BCUT2D eigenvalue weighted by Crippen LogP contribution is 2.26. The van der Waals surface area contributed by atoms with Crippen molar-refractivity contribution in [3.63, 3.8) is 0 Å². The summed E-state index contributed by atoms with van der Waals surface area (Å²) in [5.74, 6) is 0.848. The second-order valence-electron chi connectivity index (χ2n) is 8.30. The van der Waals surface area contributed by atoms with Crippen molar-refractivity contribution in [2.24, 2.45) is 0 Å². The molecule has 3 N–H and O–H groups in total. The van der Waals surface area contributed by atoms with E-state index in [1.165, 1.54) is 57.8 Å². The molecule has 3 aliphatic rings. The van der Waals surface area contributed by atoms with Gasteiger partial charge in [0.2, 0.25) is 0 Å². The maximum Gasteiger partial charge on any atom is 0.171 e. The summed E-state index contributed by atoms with van der Waals surface area (Å²) < 4.78 is 5.29. The fraction of sp³-hybridized carbons (Fsp3) is 0.667. The Bertz CT molecular complexity index is 617. The van der Waals surface area contributed by atoms with Crippen molar-refractivity contribution in [3.8, 4) is 5.75 Å². The molecule has 1 aromatic rings. The van der Waals surface area contributed by atoms with E-state index < -0.39 is 0 Å². The number of hydrogen-bond acceptors (Lipinski definition) is 2.